The number of carbonyl (C=O) groups is 1. The van der Waals surface area contributed by atoms with Crippen LogP contribution < -0.4 is 10.6 Å². The number of aromatic nitrogens is 2. The molecule has 112 valence electrons. The summed E-state index contributed by atoms with van der Waals surface area (Å²) in [7, 11) is 1.92. The van der Waals surface area contributed by atoms with Crippen molar-refractivity contribution in [3.05, 3.63) is 46.8 Å². The van der Waals surface area contributed by atoms with Gasteiger partial charge in [0.05, 0.1) is 5.69 Å². The Morgan fingerprint density at radius 3 is 2.67 bits per heavy atom. The van der Waals surface area contributed by atoms with E-state index in [-0.39, 0.29) is 5.91 Å². The molecule has 5 heteroatoms. The monoisotopic (exact) mass is 286 g/mol. The second-order valence-electron chi connectivity index (χ2n) is 5.16. The van der Waals surface area contributed by atoms with Crippen LogP contribution >= 0.6 is 0 Å². The Bertz CT molecular complexity index is 646. The summed E-state index contributed by atoms with van der Waals surface area (Å²) in [5, 5.41) is 10.5. The third kappa shape index (κ3) is 3.62. The predicted octanol–water partition coefficient (Wildman–Crippen LogP) is 2.40. The molecular weight excluding hydrogens is 264 g/mol. The molecule has 21 heavy (non-hydrogen) atoms. The number of benzene rings is 1. The third-order valence-electron chi connectivity index (χ3n) is 3.41. The first kappa shape index (κ1) is 15.1. The maximum absolute atomic E-state index is 11.8. The van der Waals surface area contributed by atoms with Crippen LogP contribution in [0.5, 0.6) is 0 Å². The van der Waals surface area contributed by atoms with Crippen molar-refractivity contribution in [3.8, 4) is 0 Å². The molecule has 0 spiro atoms. The number of hydrogen-bond acceptors (Lipinski definition) is 3. The van der Waals surface area contributed by atoms with Gasteiger partial charge < -0.3 is 10.6 Å². The summed E-state index contributed by atoms with van der Waals surface area (Å²) >= 11 is 0. The van der Waals surface area contributed by atoms with E-state index in [9.17, 15) is 4.79 Å². The fourth-order valence-corrected chi connectivity index (χ4v) is 2.28. The van der Waals surface area contributed by atoms with Crippen molar-refractivity contribution in [1.82, 2.24) is 15.1 Å². The lowest BCUT2D eigenvalue weighted by molar-refractivity contribution is 0.0956. The number of anilines is 1. The van der Waals surface area contributed by atoms with Crippen LogP contribution in [-0.2, 0) is 13.6 Å². The van der Waals surface area contributed by atoms with Crippen LogP contribution in [0.4, 0.5) is 5.69 Å². The van der Waals surface area contributed by atoms with Gasteiger partial charge >= 0.3 is 0 Å². The second-order valence-corrected chi connectivity index (χ2v) is 5.16. The first-order valence-corrected chi connectivity index (χ1v) is 7.13. The normalized spacial score (nSPS) is 10.5. The van der Waals surface area contributed by atoms with Crippen LogP contribution in [0.3, 0.4) is 0 Å². The molecule has 1 heterocycles. The van der Waals surface area contributed by atoms with Crippen molar-refractivity contribution >= 4 is 11.6 Å². The van der Waals surface area contributed by atoms with E-state index in [4.69, 9.17) is 0 Å². The fraction of sp³-hybridized carbons (Fsp3) is 0.375. The molecule has 2 N–H and O–H groups in total. The predicted molar refractivity (Wildman–Crippen MR) is 84.5 cm³/mol. The van der Waals surface area contributed by atoms with E-state index in [1.807, 2.05) is 56.9 Å². The molecule has 1 aromatic carbocycles. The van der Waals surface area contributed by atoms with E-state index in [1.54, 1.807) is 0 Å². The highest BCUT2D eigenvalue weighted by atomic mass is 16.1. The quantitative estimate of drug-likeness (QED) is 0.887. The maximum atomic E-state index is 11.8. The van der Waals surface area contributed by atoms with Gasteiger partial charge in [-0.1, -0.05) is 0 Å². The molecule has 1 amide bonds. The van der Waals surface area contributed by atoms with Gasteiger partial charge in [0.15, 0.2) is 0 Å². The van der Waals surface area contributed by atoms with Gasteiger partial charge in [-0.25, -0.2) is 0 Å². The third-order valence-corrected chi connectivity index (χ3v) is 3.41. The second kappa shape index (κ2) is 6.43. The molecule has 0 radical (unpaired) electrons. The fourth-order valence-electron chi connectivity index (χ4n) is 2.28. The number of rotatable bonds is 5. The van der Waals surface area contributed by atoms with Crippen molar-refractivity contribution in [2.24, 2.45) is 7.05 Å². The van der Waals surface area contributed by atoms with Gasteiger partial charge in [0, 0.05) is 43.1 Å². The van der Waals surface area contributed by atoms with Gasteiger partial charge in [-0.15, -0.1) is 0 Å². The minimum atomic E-state index is -0.0322. The zero-order valence-corrected chi connectivity index (χ0v) is 13.0. The van der Waals surface area contributed by atoms with Crippen LogP contribution in [0.1, 0.15) is 34.1 Å². The minimum absolute atomic E-state index is 0.0322. The summed E-state index contributed by atoms with van der Waals surface area (Å²) in [6.45, 7) is 7.28. The molecule has 0 unspecified atom stereocenters. The van der Waals surface area contributed by atoms with E-state index in [1.165, 1.54) is 5.56 Å². The summed E-state index contributed by atoms with van der Waals surface area (Å²) in [4.78, 5) is 11.8. The Morgan fingerprint density at radius 1 is 1.33 bits per heavy atom. The Labute approximate surface area is 125 Å². The molecule has 0 aliphatic rings. The highest BCUT2D eigenvalue weighted by Crippen LogP contribution is 2.18. The van der Waals surface area contributed by atoms with Gasteiger partial charge in [0.2, 0.25) is 0 Å². The number of nitrogens with zero attached hydrogens (tertiary/aromatic N) is 2. The van der Waals surface area contributed by atoms with E-state index >= 15 is 0 Å². The number of amides is 1. The molecule has 0 bridgehead atoms. The van der Waals surface area contributed by atoms with Crippen LogP contribution in [0.15, 0.2) is 24.4 Å². The highest BCUT2D eigenvalue weighted by molar-refractivity contribution is 5.94. The molecule has 1 aromatic heterocycles. The average molecular weight is 286 g/mol. The van der Waals surface area contributed by atoms with Gasteiger partial charge in [0.1, 0.15) is 0 Å². The summed E-state index contributed by atoms with van der Waals surface area (Å²) in [6, 6.07) is 5.70. The topological polar surface area (TPSA) is 59.0 Å². The SMILES string of the molecule is CCNC(=O)c1ccc(NCc2cn(C)nc2C)c(C)c1. The number of aryl methyl sites for hydroxylation is 3. The largest absolute Gasteiger partial charge is 0.381 e. The van der Waals surface area contributed by atoms with Gasteiger partial charge in [-0.05, 0) is 44.5 Å². The highest BCUT2D eigenvalue weighted by Gasteiger charge is 2.08. The molecule has 5 nitrogen and oxygen atoms in total. The Morgan fingerprint density at radius 2 is 2.10 bits per heavy atom. The van der Waals surface area contributed by atoms with Gasteiger partial charge in [0.25, 0.3) is 5.91 Å². The van der Waals surface area contributed by atoms with Crippen molar-refractivity contribution in [3.63, 3.8) is 0 Å². The van der Waals surface area contributed by atoms with Crippen molar-refractivity contribution in [1.29, 1.82) is 0 Å². The van der Waals surface area contributed by atoms with Crippen LogP contribution in [0.25, 0.3) is 0 Å². The summed E-state index contributed by atoms with van der Waals surface area (Å²) in [6.07, 6.45) is 2.01. The minimum Gasteiger partial charge on any atom is -0.381 e. The summed E-state index contributed by atoms with van der Waals surface area (Å²) in [5.74, 6) is -0.0322. The van der Waals surface area contributed by atoms with Gasteiger partial charge in [-0.3, -0.25) is 9.48 Å². The molecule has 2 aromatic rings. The van der Waals surface area contributed by atoms with Gasteiger partial charge in [-0.2, -0.15) is 5.10 Å². The number of hydrogen-bond donors (Lipinski definition) is 2. The zero-order chi connectivity index (χ0) is 15.4. The lowest BCUT2D eigenvalue weighted by atomic mass is 10.1. The first-order chi connectivity index (χ1) is 10.0. The molecule has 0 aliphatic carbocycles. The van der Waals surface area contributed by atoms with Crippen molar-refractivity contribution in [2.75, 3.05) is 11.9 Å². The molecule has 0 saturated heterocycles. The maximum Gasteiger partial charge on any atom is 0.251 e. The van der Waals surface area contributed by atoms with Crippen molar-refractivity contribution in [2.45, 2.75) is 27.3 Å². The smallest absolute Gasteiger partial charge is 0.251 e. The van der Waals surface area contributed by atoms with E-state index in [0.717, 1.165) is 23.5 Å². The molecule has 2 rings (SSSR count). The average Bonchev–Trinajstić information content (AvgIpc) is 2.76. The summed E-state index contributed by atoms with van der Waals surface area (Å²) in [5.41, 5.74) is 4.98. The molecular formula is C16H22N4O. The van der Waals surface area contributed by atoms with E-state index in [2.05, 4.69) is 15.7 Å². The molecule has 0 saturated carbocycles. The number of carbonyl (C=O) groups excluding carboxylic acids is 1. The molecule has 0 aliphatic heterocycles. The van der Waals surface area contributed by atoms with Crippen LogP contribution in [0, 0.1) is 13.8 Å². The first-order valence-electron chi connectivity index (χ1n) is 7.13. The van der Waals surface area contributed by atoms with Crippen molar-refractivity contribution < 1.29 is 4.79 Å². The van der Waals surface area contributed by atoms with E-state index < -0.39 is 0 Å². The van der Waals surface area contributed by atoms with Crippen LogP contribution in [-0.4, -0.2) is 22.2 Å². The van der Waals surface area contributed by atoms with E-state index in [0.29, 0.717) is 12.1 Å². The zero-order valence-electron chi connectivity index (χ0n) is 13.0. The number of nitrogens with one attached hydrogen (secondary N) is 2. The summed E-state index contributed by atoms with van der Waals surface area (Å²) < 4.78 is 1.82. The molecule has 0 atom stereocenters. The Balaban J connectivity index is 2.07. The Hall–Kier alpha value is -2.30. The standard InChI is InChI=1S/C16H22N4O/c1-5-17-16(21)13-6-7-15(11(2)8-13)18-9-14-10-20(4)19-12(14)3/h6-8,10,18H,5,9H2,1-4H3,(H,17,21). The van der Waals surface area contributed by atoms with Crippen LogP contribution in [0.2, 0.25) is 0 Å². The lowest BCUT2D eigenvalue weighted by Crippen LogP contribution is -2.22. The molecule has 0 fully saturated rings. The lowest BCUT2D eigenvalue weighted by Gasteiger charge is -2.11. The Kier molecular flexibility index (Phi) is 4.62.